The molecule has 0 aliphatic heterocycles. The van der Waals surface area contributed by atoms with Crippen LogP contribution in [0.5, 0.6) is 5.75 Å². The van der Waals surface area contributed by atoms with Crippen molar-refractivity contribution >= 4 is 23.3 Å². The third kappa shape index (κ3) is 5.37. The minimum atomic E-state index is -0.680. The maximum Gasteiger partial charge on any atom is 0.319 e. The molecule has 2 amide bonds. The SMILES string of the molecule is CCOc1ccc(NC(=O)NCC(C)(OC)c2cccc(Cl)c2)cc1. The molecule has 0 radical (unpaired) electrons. The van der Waals surface area contributed by atoms with Crippen LogP contribution in [0.2, 0.25) is 5.02 Å². The number of carbonyl (C=O) groups excluding carboxylic acids is 1. The van der Waals surface area contributed by atoms with Gasteiger partial charge in [-0.1, -0.05) is 23.7 Å². The van der Waals surface area contributed by atoms with Gasteiger partial charge in [-0.25, -0.2) is 4.79 Å². The molecule has 0 fully saturated rings. The van der Waals surface area contributed by atoms with E-state index in [9.17, 15) is 4.79 Å². The smallest absolute Gasteiger partial charge is 0.319 e. The van der Waals surface area contributed by atoms with Crippen LogP contribution in [0.15, 0.2) is 48.5 Å². The molecule has 5 nitrogen and oxygen atoms in total. The number of halogens is 1. The summed E-state index contributed by atoms with van der Waals surface area (Å²) in [7, 11) is 1.60. The quantitative estimate of drug-likeness (QED) is 0.766. The van der Waals surface area contributed by atoms with Crippen LogP contribution in [-0.2, 0) is 10.3 Å². The summed E-state index contributed by atoms with van der Waals surface area (Å²) in [6, 6.07) is 14.3. The zero-order valence-corrected chi connectivity index (χ0v) is 15.4. The lowest BCUT2D eigenvalue weighted by molar-refractivity contribution is 0.00521. The average molecular weight is 363 g/mol. The molecule has 2 aromatic rings. The van der Waals surface area contributed by atoms with E-state index in [-0.39, 0.29) is 6.03 Å². The van der Waals surface area contributed by atoms with Gasteiger partial charge in [0.1, 0.15) is 11.4 Å². The largest absolute Gasteiger partial charge is 0.494 e. The highest BCUT2D eigenvalue weighted by Gasteiger charge is 2.27. The van der Waals surface area contributed by atoms with Gasteiger partial charge in [0, 0.05) is 17.8 Å². The first kappa shape index (κ1) is 19.1. The van der Waals surface area contributed by atoms with Gasteiger partial charge in [-0.05, 0) is 55.8 Å². The summed E-state index contributed by atoms with van der Waals surface area (Å²) in [6.07, 6.45) is 0. The summed E-state index contributed by atoms with van der Waals surface area (Å²) in [5, 5.41) is 6.24. The number of benzene rings is 2. The predicted octanol–water partition coefficient (Wildman–Crippen LogP) is 4.42. The zero-order valence-electron chi connectivity index (χ0n) is 14.6. The maximum absolute atomic E-state index is 12.1. The second kappa shape index (κ2) is 8.74. The number of rotatable bonds is 7. The highest BCUT2D eigenvalue weighted by atomic mass is 35.5. The Morgan fingerprint density at radius 2 is 1.92 bits per heavy atom. The molecule has 2 rings (SSSR count). The van der Waals surface area contributed by atoms with Gasteiger partial charge in [-0.15, -0.1) is 0 Å². The minimum absolute atomic E-state index is 0.298. The summed E-state index contributed by atoms with van der Waals surface area (Å²) in [5.41, 5.74) is 0.896. The summed E-state index contributed by atoms with van der Waals surface area (Å²) in [5.74, 6) is 0.765. The number of methoxy groups -OCH3 is 1. The lowest BCUT2D eigenvalue weighted by atomic mass is 9.96. The van der Waals surface area contributed by atoms with Gasteiger partial charge in [0.15, 0.2) is 0 Å². The Morgan fingerprint density at radius 1 is 1.20 bits per heavy atom. The van der Waals surface area contributed by atoms with E-state index in [4.69, 9.17) is 21.1 Å². The second-order valence-corrected chi connectivity index (χ2v) is 6.15. The van der Waals surface area contributed by atoms with Crippen molar-refractivity contribution in [3.63, 3.8) is 0 Å². The van der Waals surface area contributed by atoms with Crippen LogP contribution in [-0.4, -0.2) is 26.3 Å². The zero-order chi connectivity index (χ0) is 18.3. The molecular formula is C19H23ClN2O3. The first-order chi connectivity index (χ1) is 12.0. The van der Waals surface area contributed by atoms with Crippen LogP contribution >= 0.6 is 11.6 Å². The van der Waals surface area contributed by atoms with E-state index in [1.165, 1.54) is 0 Å². The third-order valence-corrected chi connectivity index (χ3v) is 4.13. The van der Waals surface area contributed by atoms with Gasteiger partial charge < -0.3 is 20.1 Å². The van der Waals surface area contributed by atoms with E-state index < -0.39 is 5.60 Å². The summed E-state index contributed by atoms with van der Waals surface area (Å²) < 4.78 is 11.0. The van der Waals surface area contributed by atoms with Gasteiger partial charge in [0.05, 0.1) is 13.2 Å². The predicted molar refractivity (Wildman–Crippen MR) is 100 cm³/mol. The molecule has 6 heteroatoms. The first-order valence-corrected chi connectivity index (χ1v) is 8.43. The summed E-state index contributed by atoms with van der Waals surface area (Å²) in [4.78, 5) is 12.1. The fourth-order valence-electron chi connectivity index (χ4n) is 2.33. The molecule has 25 heavy (non-hydrogen) atoms. The lowest BCUT2D eigenvalue weighted by Crippen LogP contribution is -2.41. The van der Waals surface area contributed by atoms with Gasteiger partial charge in [-0.3, -0.25) is 0 Å². The van der Waals surface area contributed by atoms with Crippen LogP contribution in [0.25, 0.3) is 0 Å². The standard InChI is InChI=1S/C19H23ClN2O3/c1-4-25-17-10-8-16(9-11-17)22-18(23)21-13-19(2,24-3)14-6-5-7-15(20)12-14/h5-12H,4,13H2,1-3H3,(H2,21,22,23). The third-order valence-electron chi connectivity index (χ3n) is 3.90. The van der Waals surface area contributed by atoms with Gasteiger partial charge in [0.25, 0.3) is 0 Å². The number of hydrogen-bond donors (Lipinski definition) is 2. The highest BCUT2D eigenvalue weighted by molar-refractivity contribution is 6.30. The fraction of sp³-hybridized carbons (Fsp3) is 0.316. The van der Waals surface area contributed by atoms with Crippen molar-refractivity contribution in [1.82, 2.24) is 5.32 Å². The van der Waals surface area contributed by atoms with E-state index >= 15 is 0 Å². The van der Waals surface area contributed by atoms with Gasteiger partial charge in [-0.2, -0.15) is 0 Å². The van der Waals surface area contributed by atoms with Crippen LogP contribution in [0.4, 0.5) is 10.5 Å². The summed E-state index contributed by atoms with van der Waals surface area (Å²) in [6.45, 7) is 4.72. The highest BCUT2D eigenvalue weighted by Crippen LogP contribution is 2.26. The Bertz CT molecular complexity index is 706. The molecule has 0 aliphatic rings. The molecule has 134 valence electrons. The molecule has 0 aliphatic carbocycles. The topological polar surface area (TPSA) is 59.6 Å². The molecular weight excluding hydrogens is 340 g/mol. The minimum Gasteiger partial charge on any atom is -0.494 e. The van der Waals surface area contributed by atoms with Crippen molar-refractivity contribution in [2.75, 3.05) is 25.6 Å². The number of urea groups is 1. The van der Waals surface area contributed by atoms with Crippen LogP contribution in [0.1, 0.15) is 19.4 Å². The van der Waals surface area contributed by atoms with E-state index in [0.29, 0.717) is 23.9 Å². The molecule has 1 unspecified atom stereocenters. The number of hydrogen-bond acceptors (Lipinski definition) is 3. The van der Waals surface area contributed by atoms with Crippen LogP contribution in [0, 0.1) is 0 Å². The second-order valence-electron chi connectivity index (χ2n) is 5.71. The van der Waals surface area contributed by atoms with E-state index in [0.717, 1.165) is 11.3 Å². The number of amides is 2. The number of carbonyl (C=O) groups is 1. The molecule has 0 saturated carbocycles. The normalized spacial score (nSPS) is 13.0. The first-order valence-electron chi connectivity index (χ1n) is 8.06. The Hall–Kier alpha value is -2.24. The lowest BCUT2D eigenvalue weighted by Gasteiger charge is -2.29. The van der Waals surface area contributed by atoms with Crippen LogP contribution < -0.4 is 15.4 Å². The molecule has 0 spiro atoms. The maximum atomic E-state index is 12.1. The molecule has 2 N–H and O–H groups in total. The van der Waals surface area contributed by atoms with Gasteiger partial charge >= 0.3 is 6.03 Å². The van der Waals surface area contributed by atoms with E-state index in [1.807, 2.05) is 44.2 Å². The van der Waals surface area contributed by atoms with Crippen molar-refractivity contribution in [3.05, 3.63) is 59.1 Å². The van der Waals surface area contributed by atoms with E-state index in [1.54, 1.807) is 25.3 Å². The molecule has 0 saturated heterocycles. The van der Waals surface area contributed by atoms with Crippen LogP contribution in [0.3, 0.4) is 0 Å². The van der Waals surface area contributed by atoms with Crippen molar-refractivity contribution in [1.29, 1.82) is 0 Å². The van der Waals surface area contributed by atoms with Crippen molar-refractivity contribution in [3.8, 4) is 5.75 Å². The molecule has 1 atom stereocenters. The van der Waals surface area contributed by atoms with Crippen molar-refractivity contribution in [2.45, 2.75) is 19.4 Å². The van der Waals surface area contributed by atoms with Crippen molar-refractivity contribution in [2.24, 2.45) is 0 Å². The molecule has 2 aromatic carbocycles. The summed E-state index contributed by atoms with van der Waals surface area (Å²) >= 11 is 6.05. The monoisotopic (exact) mass is 362 g/mol. The van der Waals surface area contributed by atoms with Crippen molar-refractivity contribution < 1.29 is 14.3 Å². The average Bonchev–Trinajstić information content (AvgIpc) is 2.61. The Balaban J connectivity index is 1.95. The fourth-order valence-corrected chi connectivity index (χ4v) is 2.53. The molecule has 0 heterocycles. The van der Waals surface area contributed by atoms with E-state index in [2.05, 4.69) is 10.6 Å². The van der Waals surface area contributed by atoms with Gasteiger partial charge in [0.2, 0.25) is 0 Å². The number of nitrogens with one attached hydrogen (secondary N) is 2. The number of anilines is 1. The molecule has 0 bridgehead atoms. The molecule has 0 aromatic heterocycles. The number of ether oxygens (including phenoxy) is 2. The Kier molecular flexibility index (Phi) is 6.67. The Morgan fingerprint density at radius 3 is 2.52 bits per heavy atom. The Labute approximate surface area is 153 Å².